The molecule has 6 heteroatoms. The van der Waals surface area contributed by atoms with Gasteiger partial charge in [-0.25, -0.2) is 4.79 Å². The van der Waals surface area contributed by atoms with E-state index >= 15 is 0 Å². The lowest BCUT2D eigenvalue weighted by molar-refractivity contribution is -0.0602. The van der Waals surface area contributed by atoms with Gasteiger partial charge < -0.3 is 15.2 Å². The van der Waals surface area contributed by atoms with Crippen LogP contribution in [0.2, 0.25) is 0 Å². The van der Waals surface area contributed by atoms with Gasteiger partial charge >= 0.3 is 5.97 Å². The lowest BCUT2D eigenvalue weighted by Gasteiger charge is -2.40. The van der Waals surface area contributed by atoms with Crippen LogP contribution in [0.5, 0.6) is 0 Å². The second-order valence-corrected chi connectivity index (χ2v) is 5.03. The van der Waals surface area contributed by atoms with E-state index in [9.17, 15) is 9.90 Å². The first-order chi connectivity index (χ1) is 8.99. The molecule has 0 aliphatic heterocycles. The molecule has 1 aliphatic carbocycles. The second-order valence-electron chi connectivity index (χ2n) is 5.03. The van der Waals surface area contributed by atoms with E-state index < -0.39 is 5.97 Å². The molecule has 1 aliphatic rings. The van der Waals surface area contributed by atoms with E-state index in [1.54, 1.807) is 21.0 Å². The number of methoxy groups -OCH3 is 1. The van der Waals surface area contributed by atoms with Gasteiger partial charge in [0.15, 0.2) is 5.82 Å². The highest BCUT2D eigenvalue weighted by atomic mass is 16.5. The minimum absolute atomic E-state index is 0.184. The molecule has 2 N–H and O–H groups in total. The summed E-state index contributed by atoms with van der Waals surface area (Å²) in [5, 5.41) is 20.3. The summed E-state index contributed by atoms with van der Waals surface area (Å²) >= 11 is 0. The van der Waals surface area contributed by atoms with Crippen LogP contribution >= 0.6 is 0 Å². The minimum Gasteiger partial charge on any atom is -0.478 e. The molecule has 1 saturated carbocycles. The zero-order valence-electron chi connectivity index (χ0n) is 11.5. The number of rotatable bonds is 5. The van der Waals surface area contributed by atoms with Crippen LogP contribution in [0.15, 0.2) is 0 Å². The Labute approximate surface area is 112 Å². The molecule has 1 heterocycles. The van der Waals surface area contributed by atoms with E-state index in [1.807, 2.05) is 0 Å². The maximum atomic E-state index is 11.3. The smallest absolute Gasteiger partial charge is 0.339 e. The Hall–Kier alpha value is -1.69. The predicted octanol–water partition coefficient (Wildman–Crippen LogP) is 1.77. The van der Waals surface area contributed by atoms with Crippen LogP contribution in [-0.2, 0) is 4.74 Å². The highest BCUT2D eigenvalue weighted by Gasteiger charge is 2.37. The molecule has 6 nitrogen and oxygen atoms in total. The van der Waals surface area contributed by atoms with Gasteiger partial charge in [-0.3, -0.25) is 0 Å². The molecule has 0 aromatic carbocycles. The average molecular weight is 265 g/mol. The second kappa shape index (κ2) is 5.13. The quantitative estimate of drug-likeness (QED) is 0.844. The van der Waals surface area contributed by atoms with Gasteiger partial charge in [0, 0.05) is 13.7 Å². The van der Waals surface area contributed by atoms with Crippen LogP contribution in [0.1, 0.15) is 40.9 Å². The predicted molar refractivity (Wildman–Crippen MR) is 70.5 cm³/mol. The number of aromatic nitrogens is 2. The number of carboxylic acid groups (broad SMARTS) is 1. The van der Waals surface area contributed by atoms with Gasteiger partial charge in [-0.15, -0.1) is 5.10 Å². The van der Waals surface area contributed by atoms with E-state index in [2.05, 4.69) is 15.5 Å². The van der Waals surface area contributed by atoms with Crippen molar-refractivity contribution in [3.05, 3.63) is 16.8 Å². The topological polar surface area (TPSA) is 84.3 Å². The first kappa shape index (κ1) is 13.7. The number of nitrogens with zero attached hydrogens (tertiary/aromatic N) is 2. The molecule has 2 rings (SSSR count). The summed E-state index contributed by atoms with van der Waals surface area (Å²) in [7, 11) is 1.69. The Kier molecular flexibility index (Phi) is 3.71. The fourth-order valence-corrected chi connectivity index (χ4v) is 2.26. The van der Waals surface area contributed by atoms with Gasteiger partial charge in [0.05, 0.1) is 11.3 Å². The summed E-state index contributed by atoms with van der Waals surface area (Å²) in [5.41, 5.74) is 1.28. The molecule has 1 aromatic rings. The fraction of sp³-hybridized carbons (Fsp3) is 0.615. The number of aryl methyl sites for hydroxylation is 1. The van der Waals surface area contributed by atoms with Crippen molar-refractivity contribution in [2.24, 2.45) is 0 Å². The summed E-state index contributed by atoms with van der Waals surface area (Å²) < 4.78 is 5.49. The Balaban J connectivity index is 2.20. The fourth-order valence-electron chi connectivity index (χ4n) is 2.26. The third-order valence-electron chi connectivity index (χ3n) is 3.94. The molecule has 0 amide bonds. The monoisotopic (exact) mass is 265 g/mol. The van der Waals surface area contributed by atoms with Crippen molar-refractivity contribution in [1.82, 2.24) is 10.2 Å². The van der Waals surface area contributed by atoms with E-state index in [0.717, 1.165) is 19.3 Å². The molecule has 0 spiro atoms. The van der Waals surface area contributed by atoms with Gasteiger partial charge in [0.25, 0.3) is 0 Å². The average Bonchev–Trinajstić information content (AvgIpc) is 2.32. The Morgan fingerprint density at radius 2 is 2.11 bits per heavy atom. The number of carbonyl (C=O) groups is 1. The van der Waals surface area contributed by atoms with Crippen molar-refractivity contribution in [1.29, 1.82) is 0 Å². The summed E-state index contributed by atoms with van der Waals surface area (Å²) in [6.07, 6.45) is 3.11. The zero-order valence-corrected chi connectivity index (χ0v) is 11.5. The van der Waals surface area contributed by atoms with Crippen LogP contribution in [0.4, 0.5) is 5.82 Å². The van der Waals surface area contributed by atoms with Gasteiger partial charge in [0.2, 0.25) is 0 Å². The number of ether oxygens (including phenoxy) is 1. The Morgan fingerprint density at radius 3 is 2.58 bits per heavy atom. The summed E-state index contributed by atoms with van der Waals surface area (Å²) in [4.78, 5) is 11.3. The Bertz CT molecular complexity index is 493. The van der Waals surface area contributed by atoms with Gasteiger partial charge in [-0.1, -0.05) is 0 Å². The molecule has 19 heavy (non-hydrogen) atoms. The maximum absolute atomic E-state index is 11.3. The number of aromatic carboxylic acids is 1. The number of hydrogen-bond donors (Lipinski definition) is 2. The number of anilines is 1. The van der Waals surface area contributed by atoms with Gasteiger partial charge in [-0.2, -0.15) is 5.10 Å². The number of nitrogens with one attached hydrogen (secondary N) is 1. The normalized spacial score (nSPS) is 16.8. The summed E-state index contributed by atoms with van der Waals surface area (Å²) in [5.74, 6) is -0.669. The molecule has 0 unspecified atom stereocenters. The highest BCUT2D eigenvalue weighted by Crippen LogP contribution is 2.35. The molecule has 1 fully saturated rings. The highest BCUT2D eigenvalue weighted by molar-refractivity contribution is 5.94. The molecular formula is C13H19N3O3. The first-order valence-corrected chi connectivity index (χ1v) is 6.35. The van der Waals surface area contributed by atoms with Crippen LogP contribution in [0.25, 0.3) is 0 Å². The van der Waals surface area contributed by atoms with Crippen molar-refractivity contribution in [2.45, 2.75) is 38.7 Å². The van der Waals surface area contributed by atoms with E-state index in [0.29, 0.717) is 23.6 Å². The van der Waals surface area contributed by atoms with E-state index in [-0.39, 0.29) is 11.2 Å². The molecule has 0 bridgehead atoms. The van der Waals surface area contributed by atoms with Crippen molar-refractivity contribution >= 4 is 11.8 Å². The van der Waals surface area contributed by atoms with Crippen molar-refractivity contribution in [3.63, 3.8) is 0 Å². The van der Waals surface area contributed by atoms with Crippen LogP contribution < -0.4 is 5.32 Å². The number of carboxylic acids is 1. The molecule has 0 saturated heterocycles. The standard InChI is InChI=1S/C13H19N3O3/c1-8-9(2)15-16-11(10(8)12(17)18)14-7-13(19-3)5-4-6-13/h4-7H2,1-3H3,(H,14,16)(H,17,18). The molecule has 0 atom stereocenters. The summed E-state index contributed by atoms with van der Waals surface area (Å²) in [6.45, 7) is 4.05. The SMILES string of the molecule is COC1(CNc2nnc(C)c(C)c2C(=O)O)CCC1. The summed E-state index contributed by atoms with van der Waals surface area (Å²) in [6, 6.07) is 0. The molecule has 0 radical (unpaired) electrons. The minimum atomic E-state index is -0.988. The lowest BCUT2D eigenvalue weighted by Crippen LogP contribution is -2.45. The lowest BCUT2D eigenvalue weighted by atomic mass is 9.80. The van der Waals surface area contributed by atoms with Crippen LogP contribution in [0.3, 0.4) is 0 Å². The molecular weight excluding hydrogens is 246 g/mol. The van der Waals surface area contributed by atoms with Gasteiger partial charge in [0.1, 0.15) is 5.56 Å². The Morgan fingerprint density at radius 1 is 1.42 bits per heavy atom. The van der Waals surface area contributed by atoms with Crippen molar-refractivity contribution in [2.75, 3.05) is 19.0 Å². The largest absolute Gasteiger partial charge is 0.478 e. The third kappa shape index (κ3) is 2.53. The maximum Gasteiger partial charge on any atom is 0.339 e. The third-order valence-corrected chi connectivity index (χ3v) is 3.94. The van der Waals surface area contributed by atoms with E-state index in [4.69, 9.17) is 4.74 Å². The first-order valence-electron chi connectivity index (χ1n) is 6.35. The number of hydrogen-bond acceptors (Lipinski definition) is 5. The van der Waals surface area contributed by atoms with E-state index in [1.165, 1.54) is 0 Å². The molecule has 104 valence electrons. The van der Waals surface area contributed by atoms with Crippen molar-refractivity contribution < 1.29 is 14.6 Å². The van der Waals surface area contributed by atoms with Crippen LogP contribution in [0, 0.1) is 13.8 Å². The van der Waals surface area contributed by atoms with Gasteiger partial charge in [-0.05, 0) is 38.7 Å². The zero-order chi connectivity index (χ0) is 14.0. The van der Waals surface area contributed by atoms with Crippen molar-refractivity contribution in [3.8, 4) is 0 Å². The van der Waals surface area contributed by atoms with Crippen LogP contribution in [-0.4, -0.2) is 40.5 Å². The molecule has 1 aromatic heterocycles.